The minimum absolute atomic E-state index is 0.124. The van der Waals surface area contributed by atoms with Crippen molar-refractivity contribution in [3.05, 3.63) is 27.4 Å². The molecule has 2 N–H and O–H groups in total. The number of hydrogen-bond acceptors (Lipinski definition) is 5. The van der Waals surface area contributed by atoms with Crippen LogP contribution in [-0.2, 0) is 6.54 Å². The van der Waals surface area contributed by atoms with Crippen molar-refractivity contribution >= 4 is 5.82 Å². The van der Waals surface area contributed by atoms with Crippen molar-refractivity contribution in [2.24, 2.45) is 5.73 Å². The van der Waals surface area contributed by atoms with Crippen LogP contribution >= 0.6 is 0 Å². The van der Waals surface area contributed by atoms with E-state index >= 15 is 0 Å². The van der Waals surface area contributed by atoms with Crippen LogP contribution in [0.3, 0.4) is 0 Å². The van der Waals surface area contributed by atoms with E-state index in [1.165, 1.54) is 13.0 Å². The second-order valence-electron chi connectivity index (χ2n) is 3.08. The molecule has 1 heterocycles. The number of aromatic nitrogens is 1. The van der Waals surface area contributed by atoms with Gasteiger partial charge in [0.1, 0.15) is 0 Å². The third kappa shape index (κ3) is 3.28. The Kier molecular flexibility index (Phi) is 3.51. The van der Waals surface area contributed by atoms with E-state index < -0.39 is 22.9 Å². The van der Waals surface area contributed by atoms with Gasteiger partial charge < -0.3 is 20.6 Å². The Labute approximate surface area is 93.3 Å². The summed E-state index contributed by atoms with van der Waals surface area (Å²) in [6.07, 6.45) is -5.04. The second-order valence-corrected chi connectivity index (χ2v) is 3.08. The zero-order chi connectivity index (χ0) is 13.2. The van der Waals surface area contributed by atoms with E-state index in [1.807, 2.05) is 0 Å². The monoisotopic (exact) mass is 251 g/mol. The van der Waals surface area contributed by atoms with Crippen LogP contribution in [0.25, 0.3) is 0 Å². The molecule has 0 radical (unpaired) electrons. The molecule has 0 saturated carbocycles. The Bertz CT molecular complexity index is 448. The molecule has 9 heteroatoms. The molecule has 0 aliphatic heterocycles. The van der Waals surface area contributed by atoms with Gasteiger partial charge in [-0.25, -0.2) is 0 Å². The molecule has 6 nitrogen and oxygen atoms in total. The van der Waals surface area contributed by atoms with Gasteiger partial charge in [0.15, 0.2) is 5.69 Å². The Morgan fingerprint density at radius 1 is 1.59 bits per heavy atom. The first kappa shape index (κ1) is 13.2. The molecule has 17 heavy (non-hydrogen) atoms. The molecule has 1 aromatic heterocycles. The van der Waals surface area contributed by atoms with Gasteiger partial charge in [0, 0.05) is 19.0 Å². The lowest BCUT2D eigenvalue weighted by Gasteiger charge is -2.12. The highest BCUT2D eigenvalue weighted by molar-refractivity contribution is 5.47. The molecule has 0 aromatic carbocycles. The summed E-state index contributed by atoms with van der Waals surface area (Å²) in [7, 11) is 0. The van der Waals surface area contributed by atoms with Gasteiger partial charge in [-0.3, -0.25) is 0 Å². The molecule has 0 aliphatic rings. The van der Waals surface area contributed by atoms with E-state index in [2.05, 4.69) is 9.72 Å². The Balaban J connectivity index is 3.37. The zero-order valence-corrected chi connectivity index (χ0v) is 8.61. The number of ether oxygens (including phenoxy) is 1. The predicted octanol–water partition coefficient (Wildman–Crippen LogP) is 1.66. The standard InChI is InChI=1S/C8H8F3N3O3/c1-4-2-5(3-12)6(17-8(9,10)11)7(13-4)14(15)16/h2H,3,12H2,1H3. The molecule has 0 spiro atoms. The van der Waals surface area contributed by atoms with E-state index in [0.717, 1.165) is 0 Å². The lowest BCUT2D eigenvalue weighted by Crippen LogP contribution is -2.20. The number of aryl methyl sites for hydroxylation is 1. The molecular formula is C8H8F3N3O3. The number of alkyl halides is 3. The molecule has 94 valence electrons. The van der Waals surface area contributed by atoms with Gasteiger partial charge in [-0.1, -0.05) is 0 Å². The maximum atomic E-state index is 12.1. The third-order valence-electron chi connectivity index (χ3n) is 1.77. The summed E-state index contributed by atoms with van der Waals surface area (Å²) < 4.78 is 39.9. The van der Waals surface area contributed by atoms with Crippen LogP contribution in [0.1, 0.15) is 11.3 Å². The first-order chi connectivity index (χ1) is 7.74. The molecule has 0 unspecified atom stereocenters. The van der Waals surface area contributed by atoms with Crippen molar-refractivity contribution in [2.75, 3.05) is 0 Å². The lowest BCUT2D eigenvalue weighted by atomic mass is 10.2. The molecule has 0 bridgehead atoms. The minimum Gasteiger partial charge on any atom is -0.396 e. The first-order valence-electron chi connectivity index (χ1n) is 4.35. The van der Waals surface area contributed by atoms with Crippen LogP contribution in [0.2, 0.25) is 0 Å². The fourth-order valence-corrected chi connectivity index (χ4v) is 1.21. The van der Waals surface area contributed by atoms with Gasteiger partial charge in [-0.05, 0) is 16.0 Å². The molecule has 1 rings (SSSR count). The lowest BCUT2D eigenvalue weighted by molar-refractivity contribution is -0.393. The smallest absolute Gasteiger partial charge is 0.396 e. The summed E-state index contributed by atoms with van der Waals surface area (Å²) >= 11 is 0. The molecule has 0 amide bonds. The largest absolute Gasteiger partial charge is 0.573 e. The van der Waals surface area contributed by atoms with E-state index in [-0.39, 0.29) is 17.8 Å². The van der Waals surface area contributed by atoms with Gasteiger partial charge in [0.2, 0.25) is 5.75 Å². The maximum Gasteiger partial charge on any atom is 0.573 e. The summed E-state index contributed by atoms with van der Waals surface area (Å²) in [6, 6.07) is 1.20. The van der Waals surface area contributed by atoms with Crippen LogP contribution < -0.4 is 10.5 Å². The number of rotatable bonds is 3. The van der Waals surface area contributed by atoms with Crippen LogP contribution in [-0.4, -0.2) is 16.3 Å². The summed E-state index contributed by atoms with van der Waals surface area (Å²) in [5.74, 6) is -1.96. The number of halogens is 3. The molecule has 1 aromatic rings. The Morgan fingerprint density at radius 3 is 2.59 bits per heavy atom. The number of nitrogens with zero attached hydrogens (tertiary/aromatic N) is 2. The van der Waals surface area contributed by atoms with Gasteiger partial charge in [0.25, 0.3) is 0 Å². The predicted molar refractivity (Wildman–Crippen MR) is 50.2 cm³/mol. The average Bonchev–Trinajstić information content (AvgIpc) is 2.17. The van der Waals surface area contributed by atoms with Crippen molar-refractivity contribution in [1.29, 1.82) is 0 Å². The van der Waals surface area contributed by atoms with Gasteiger partial charge >= 0.3 is 12.2 Å². The third-order valence-corrected chi connectivity index (χ3v) is 1.77. The van der Waals surface area contributed by atoms with Crippen molar-refractivity contribution in [3.8, 4) is 5.75 Å². The number of pyridine rings is 1. The minimum atomic E-state index is -5.04. The van der Waals surface area contributed by atoms with E-state index in [0.29, 0.717) is 0 Å². The maximum absolute atomic E-state index is 12.1. The summed E-state index contributed by atoms with van der Waals surface area (Å²) in [4.78, 5) is 12.9. The van der Waals surface area contributed by atoms with Crippen molar-refractivity contribution < 1.29 is 22.8 Å². The summed E-state index contributed by atoms with van der Waals surface area (Å²) in [5.41, 5.74) is 5.27. The van der Waals surface area contributed by atoms with Gasteiger partial charge in [-0.2, -0.15) is 0 Å². The van der Waals surface area contributed by atoms with Gasteiger partial charge in [-0.15, -0.1) is 13.2 Å². The van der Waals surface area contributed by atoms with Crippen LogP contribution in [0.15, 0.2) is 6.07 Å². The zero-order valence-electron chi connectivity index (χ0n) is 8.61. The molecular weight excluding hydrogens is 243 g/mol. The molecule has 0 aliphatic carbocycles. The second kappa shape index (κ2) is 4.53. The van der Waals surface area contributed by atoms with Crippen LogP contribution in [0.5, 0.6) is 5.75 Å². The van der Waals surface area contributed by atoms with E-state index in [1.54, 1.807) is 0 Å². The fraction of sp³-hybridized carbons (Fsp3) is 0.375. The van der Waals surface area contributed by atoms with Crippen molar-refractivity contribution in [2.45, 2.75) is 19.8 Å². The first-order valence-corrected chi connectivity index (χ1v) is 4.35. The quantitative estimate of drug-likeness (QED) is 0.651. The Morgan fingerprint density at radius 2 is 2.18 bits per heavy atom. The van der Waals surface area contributed by atoms with E-state index in [9.17, 15) is 23.3 Å². The molecule has 0 atom stereocenters. The molecule has 0 fully saturated rings. The SMILES string of the molecule is Cc1cc(CN)c(OC(F)(F)F)c([N+](=O)[O-])n1. The number of nitro groups is 1. The van der Waals surface area contributed by atoms with Crippen LogP contribution in [0, 0.1) is 17.0 Å². The topological polar surface area (TPSA) is 91.3 Å². The average molecular weight is 251 g/mol. The summed E-state index contributed by atoms with van der Waals surface area (Å²) in [5, 5.41) is 10.6. The highest BCUT2D eigenvalue weighted by atomic mass is 19.4. The number of hydrogen-bond donors (Lipinski definition) is 1. The summed E-state index contributed by atoms with van der Waals surface area (Å²) in [6.45, 7) is 1.08. The van der Waals surface area contributed by atoms with Crippen molar-refractivity contribution in [1.82, 2.24) is 4.98 Å². The fourth-order valence-electron chi connectivity index (χ4n) is 1.21. The highest BCUT2D eigenvalue weighted by Gasteiger charge is 2.36. The highest BCUT2D eigenvalue weighted by Crippen LogP contribution is 2.34. The number of nitrogens with two attached hydrogens (primary N) is 1. The van der Waals surface area contributed by atoms with E-state index in [4.69, 9.17) is 5.73 Å². The Hall–Kier alpha value is -1.90. The van der Waals surface area contributed by atoms with Crippen LogP contribution in [0.4, 0.5) is 19.0 Å². The van der Waals surface area contributed by atoms with Crippen molar-refractivity contribution in [3.63, 3.8) is 0 Å². The van der Waals surface area contributed by atoms with Gasteiger partial charge in [0.05, 0.1) is 0 Å². The molecule has 0 saturated heterocycles. The normalized spacial score (nSPS) is 11.4.